The highest BCUT2D eigenvalue weighted by Gasteiger charge is 2.24. The lowest BCUT2D eigenvalue weighted by Gasteiger charge is -2.06. The summed E-state index contributed by atoms with van der Waals surface area (Å²) < 4.78 is 1.87. The highest BCUT2D eigenvalue weighted by atomic mass is 79.9. The third-order valence-corrected chi connectivity index (χ3v) is 4.57. The number of imidazole rings is 1. The highest BCUT2D eigenvalue weighted by Crippen LogP contribution is 2.37. The predicted molar refractivity (Wildman–Crippen MR) is 80.6 cm³/mol. The maximum absolute atomic E-state index is 6.11. The second-order valence-electron chi connectivity index (χ2n) is 4.74. The van der Waals surface area contributed by atoms with Crippen molar-refractivity contribution >= 4 is 37.5 Å². The Bertz CT molecular complexity index is 619. The van der Waals surface area contributed by atoms with Gasteiger partial charge in [0.05, 0.1) is 11.4 Å². The Balaban J connectivity index is 2.14. The van der Waals surface area contributed by atoms with Crippen LogP contribution in [0.25, 0.3) is 11.4 Å². The number of nitrogens with two attached hydrogens (primary N) is 1. The smallest absolute Gasteiger partial charge is 0.140 e. The van der Waals surface area contributed by atoms with Gasteiger partial charge in [0, 0.05) is 26.1 Å². The number of halogens is 2. The number of nitrogen functional groups attached to an aromatic ring is 1. The summed E-state index contributed by atoms with van der Waals surface area (Å²) in [7, 11) is 0. The summed E-state index contributed by atoms with van der Waals surface area (Å²) in [4.78, 5) is 8.11. The van der Waals surface area contributed by atoms with E-state index >= 15 is 0 Å². The van der Waals surface area contributed by atoms with E-state index in [2.05, 4.69) is 43.8 Å². The van der Waals surface area contributed by atoms with Gasteiger partial charge in [-0.3, -0.25) is 0 Å². The Labute approximate surface area is 122 Å². The van der Waals surface area contributed by atoms with E-state index in [1.807, 2.05) is 12.1 Å². The summed E-state index contributed by atoms with van der Waals surface area (Å²) in [5.74, 6) is 1.41. The molecule has 0 saturated heterocycles. The fourth-order valence-electron chi connectivity index (χ4n) is 2.43. The van der Waals surface area contributed by atoms with E-state index in [0.717, 1.165) is 32.4 Å². The van der Waals surface area contributed by atoms with Gasteiger partial charge in [0.1, 0.15) is 5.82 Å². The number of aromatic nitrogens is 2. The molecule has 0 fully saturated rings. The Morgan fingerprint density at radius 1 is 1.39 bits per heavy atom. The summed E-state index contributed by atoms with van der Waals surface area (Å²) in [5, 5.41) is 0. The van der Waals surface area contributed by atoms with Crippen molar-refractivity contribution in [2.45, 2.75) is 25.7 Å². The van der Waals surface area contributed by atoms with Gasteiger partial charge in [-0.15, -0.1) is 0 Å². The lowest BCUT2D eigenvalue weighted by molar-refractivity contribution is 0.726. The third kappa shape index (κ3) is 1.89. The summed E-state index contributed by atoms with van der Waals surface area (Å²) in [6.45, 7) is 2.22. The number of H-pyrrole nitrogens is 1. The summed E-state index contributed by atoms with van der Waals surface area (Å²) in [6, 6.07) is 3.94. The summed E-state index contributed by atoms with van der Waals surface area (Å²) in [5.41, 5.74) is 10.2. The van der Waals surface area contributed by atoms with Gasteiger partial charge >= 0.3 is 0 Å². The lowest BCUT2D eigenvalue weighted by Crippen LogP contribution is -1.95. The molecule has 0 spiro atoms. The van der Waals surface area contributed by atoms with Crippen molar-refractivity contribution < 1.29 is 0 Å². The molecule has 1 aromatic heterocycles. The molecule has 1 aliphatic rings. The summed E-state index contributed by atoms with van der Waals surface area (Å²) in [6.07, 6.45) is 2.27. The van der Waals surface area contributed by atoms with Crippen molar-refractivity contribution in [3.05, 3.63) is 32.5 Å². The number of fused-ring (bicyclic) bond motifs is 1. The first-order chi connectivity index (χ1) is 8.56. The standard InChI is InChI=1S/C13H13Br2N3/c1-6-2-3-10-12(6)18-13(17-10)8-4-7(14)5-9(15)11(8)16/h4-6H,2-3,16H2,1H3,(H,17,18). The zero-order valence-corrected chi connectivity index (χ0v) is 13.1. The van der Waals surface area contributed by atoms with Crippen LogP contribution in [0.1, 0.15) is 30.7 Å². The quantitative estimate of drug-likeness (QED) is 0.738. The number of benzene rings is 1. The molecule has 0 bridgehead atoms. The molecule has 1 heterocycles. The molecule has 5 heteroatoms. The topological polar surface area (TPSA) is 54.7 Å². The molecule has 0 saturated carbocycles. The van der Waals surface area contributed by atoms with Gasteiger partial charge < -0.3 is 10.7 Å². The molecule has 1 unspecified atom stereocenters. The van der Waals surface area contributed by atoms with Crippen LogP contribution in [0.5, 0.6) is 0 Å². The van der Waals surface area contributed by atoms with Crippen molar-refractivity contribution in [2.24, 2.45) is 0 Å². The second kappa shape index (κ2) is 4.38. The molecule has 2 aromatic rings. The zero-order chi connectivity index (χ0) is 12.9. The minimum Gasteiger partial charge on any atom is -0.397 e. The third-order valence-electron chi connectivity index (χ3n) is 3.45. The minimum absolute atomic E-state index is 0.543. The number of aryl methyl sites for hydroxylation is 1. The van der Waals surface area contributed by atoms with Crippen LogP contribution < -0.4 is 5.73 Å². The average molecular weight is 371 g/mol. The molecule has 18 heavy (non-hydrogen) atoms. The molecule has 3 nitrogen and oxygen atoms in total. The molecule has 0 radical (unpaired) electrons. The maximum Gasteiger partial charge on any atom is 0.140 e. The monoisotopic (exact) mass is 369 g/mol. The molecular formula is C13H13Br2N3. The summed E-state index contributed by atoms with van der Waals surface area (Å²) >= 11 is 6.95. The Kier molecular flexibility index (Phi) is 2.98. The second-order valence-corrected chi connectivity index (χ2v) is 6.51. The van der Waals surface area contributed by atoms with Gasteiger partial charge in [0.15, 0.2) is 0 Å². The molecule has 0 amide bonds. The van der Waals surface area contributed by atoms with Crippen molar-refractivity contribution in [1.29, 1.82) is 0 Å². The normalized spacial score (nSPS) is 18.1. The molecule has 0 aliphatic heterocycles. The largest absolute Gasteiger partial charge is 0.397 e. The van der Waals surface area contributed by atoms with Crippen LogP contribution in [0.2, 0.25) is 0 Å². The van der Waals surface area contributed by atoms with Crippen molar-refractivity contribution in [1.82, 2.24) is 9.97 Å². The zero-order valence-electron chi connectivity index (χ0n) is 9.93. The van der Waals surface area contributed by atoms with Gasteiger partial charge in [-0.25, -0.2) is 4.98 Å². The van der Waals surface area contributed by atoms with Crippen molar-refractivity contribution in [3.8, 4) is 11.4 Å². The number of nitrogens with one attached hydrogen (secondary N) is 1. The average Bonchev–Trinajstić information content (AvgIpc) is 2.86. The van der Waals surface area contributed by atoms with Crippen LogP contribution in [0.3, 0.4) is 0 Å². The van der Waals surface area contributed by atoms with Gasteiger partial charge in [-0.2, -0.15) is 0 Å². The van der Waals surface area contributed by atoms with Crippen LogP contribution >= 0.6 is 31.9 Å². The van der Waals surface area contributed by atoms with Crippen LogP contribution in [0.4, 0.5) is 5.69 Å². The number of hydrogen-bond donors (Lipinski definition) is 2. The number of aromatic amines is 1. The van der Waals surface area contributed by atoms with Crippen LogP contribution in [0.15, 0.2) is 21.1 Å². The van der Waals surface area contributed by atoms with Crippen LogP contribution in [0, 0.1) is 0 Å². The Morgan fingerprint density at radius 3 is 2.89 bits per heavy atom. The molecule has 1 aromatic carbocycles. The van der Waals surface area contributed by atoms with Crippen molar-refractivity contribution in [2.75, 3.05) is 5.73 Å². The Morgan fingerprint density at radius 2 is 2.17 bits per heavy atom. The lowest BCUT2D eigenvalue weighted by atomic mass is 10.1. The first-order valence-electron chi connectivity index (χ1n) is 5.90. The van der Waals surface area contributed by atoms with Gasteiger partial charge in [0.25, 0.3) is 0 Å². The number of hydrogen-bond acceptors (Lipinski definition) is 2. The molecule has 1 aliphatic carbocycles. The molecule has 3 N–H and O–H groups in total. The fraction of sp³-hybridized carbons (Fsp3) is 0.308. The molecular weight excluding hydrogens is 358 g/mol. The molecule has 94 valence electrons. The van der Waals surface area contributed by atoms with E-state index < -0.39 is 0 Å². The minimum atomic E-state index is 0.543. The first kappa shape index (κ1) is 12.2. The number of anilines is 1. The van der Waals surface area contributed by atoms with E-state index in [1.54, 1.807) is 0 Å². The van der Waals surface area contributed by atoms with Gasteiger partial charge in [0.2, 0.25) is 0 Å². The predicted octanol–water partition coefficient (Wildman–Crippen LogP) is 4.23. The van der Waals surface area contributed by atoms with E-state index in [9.17, 15) is 0 Å². The van der Waals surface area contributed by atoms with E-state index in [0.29, 0.717) is 5.92 Å². The van der Waals surface area contributed by atoms with Crippen molar-refractivity contribution in [3.63, 3.8) is 0 Å². The number of nitrogens with zero attached hydrogens (tertiary/aromatic N) is 1. The van der Waals surface area contributed by atoms with Crippen LogP contribution in [-0.2, 0) is 6.42 Å². The Hall–Kier alpha value is -0.810. The van der Waals surface area contributed by atoms with E-state index in [1.165, 1.54) is 17.8 Å². The number of rotatable bonds is 1. The molecule has 1 atom stereocenters. The van der Waals surface area contributed by atoms with Gasteiger partial charge in [-0.1, -0.05) is 22.9 Å². The van der Waals surface area contributed by atoms with Crippen LogP contribution in [-0.4, -0.2) is 9.97 Å². The van der Waals surface area contributed by atoms with E-state index in [-0.39, 0.29) is 0 Å². The maximum atomic E-state index is 6.11. The highest BCUT2D eigenvalue weighted by molar-refractivity contribution is 9.11. The fourth-order valence-corrected chi connectivity index (χ4v) is 3.65. The van der Waals surface area contributed by atoms with Gasteiger partial charge in [-0.05, 0) is 40.9 Å². The molecule has 3 rings (SSSR count). The SMILES string of the molecule is CC1CCc2[nH]c(-c3cc(Br)cc(Br)c3N)nc21. The first-order valence-corrected chi connectivity index (χ1v) is 7.48. The van der Waals surface area contributed by atoms with E-state index in [4.69, 9.17) is 10.7 Å².